The summed E-state index contributed by atoms with van der Waals surface area (Å²) in [4.78, 5) is 26.6. The summed E-state index contributed by atoms with van der Waals surface area (Å²) in [6.07, 6.45) is 5.70. The average Bonchev–Trinajstić information content (AvgIpc) is 3.37. The van der Waals surface area contributed by atoms with Gasteiger partial charge in [0, 0.05) is 30.2 Å². The maximum Gasteiger partial charge on any atom is 0.270 e. The van der Waals surface area contributed by atoms with E-state index in [9.17, 15) is 9.59 Å². The van der Waals surface area contributed by atoms with Crippen LogP contribution in [0, 0.1) is 25.2 Å². The number of hydrogen-bond acceptors (Lipinski definition) is 4. The van der Waals surface area contributed by atoms with Crippen LogP contribution >= 0.6 is 0 Å². The fourth-order valence-electron chi connectivity index (χ4n) is 5.22. The van der Waals surface area contributed by atoms with Gasteiger partial charge in [0.2, 0.25) is 5.91 Å². The standard InChI is InChI=1S/C26H34N6O2/c1-16-22(17(2)31-30-16)18-9-11-19(12-10-18)28-25(34)23(20-8-6-7-14-26(20,3)4)29-24(33)21-13-15-27-32(21)5/h9-13,15,20,23H,6-8,14H2,1-5H3,(H,28,34)(H,29,33)(H,30,31)/t20?,23-/m0/s1. The third-order valence-corrected chi connectivity index (χ3v) is 7.18. The molecule has 8 heteroatoms. The molecule has 1 saturated carbocycles. The van der Waals surface area contributed by atoms with Crippen molar-refractivity contribution >= 4 is 17.5 Å². The van der Waals surface area contributed by atoms with Crippen molar-refractivity contribution in [2.45, 2.75) is 59.4 Å². The first kappa shape index (κ1) is 23.7. The van der Waals surface area contributed by atoms with Gasteiger partial charge in [0.15, 0.2) is 0 Å². The largest absolute Gasteiger partial charge is 0.339 e. The summed E-state index contributed by atoms with van der Waals surface area (Å²) in [5.41, 5.74) is 5.13. The van der Waals surface area contributed by atoms with Crippen LogP contribution in [0.25, 0.3) is 11.1 Å². The van der Waals surface area contributed by atoms with Crippen LogP contribution in [0.5, 0.6) is 0 Å². The topological polar surface area (TPSA) is 105 Å². The molecule has 0 spiro atoms. The van der Waals surface area contributed by atoms with E-state index in [-0.39, 0.29) is 23.1 Å². The molecule has 4 rings (SSSR count). The SMILES string of the molecule is Cc1n[nH]c(C)c1-c1ccc(NC(=O)[C@@H](NC(=O)c2ccnn2C)C2CCCCC2(C)C)cc1. The van der Waals surface area contributed by atoms with Crippen molar-refractivity contribution in [1.82, 2.24) is 25.3 Å². The number of nitrogens with one attached hydrogen (secondary N) is 3. The molecule has 1 aliphatic carbocycles. The lowest BCUT2D eigenvalue weighted by Gasteiger charge is -2.42. The molecule has 34 heavy (non-hydrogen) atoms. The molecule has 0 radical (unpaired) electrons. The summed E-state index contributed by atoms with van der Waals surface area (Å²) in [6.45, 7) is 8.35. The van der Waals surface area contributed by atoms with Crippen LogP contribution in [-0.2, 0) is 11.8 Å². The van der Waals surface area contributed by atoms with Crippen LogP contribution in [0.15, 0.2) is 36.5 Å². The smallest absolute Gasteiger partial charge is 0.270 e. The highest BCUT2D eigenvalue weighted by molar-refractivity contribution is 6.00. The lowest BCUT2D eigenvalue weighted by atomic mass is 9.65. The van der Waals surface area contributed by atoms with E-state index >= 15 is 0 Å². The van der Waals surface area contributed by atoms with Gasteiger partial charge in [0.1, 0.15) is 11.7 Å². The van der Waals surface area contributed by atoms with E-state index < -0.39 is 6.04 Å². The monoisotopic (exact) mass is 462 g/mol. The van der Waals surface area contributed by atoms with Gasteiger partial charge in [-0.3, -0.25) is 19.4 Å². The van der Waals surface area contributed by atoms with Gasteiger partial charge in [0.05, 0.1) is 5.69 Å². The van der Waals surface area contributed by atoms with E-state index in [0.717, 1.165) is 48.2 Å². The zero-order valence-electron chi connectivity index (χ0n) is 20.6. The van der Waals surface area contributed by atoms with E-state index in [1.807, 2.05) is 38.1 Å². The van der Waals surface area contributed by atoms with Crippen molar-refractivity contribution in [2.75, 3.05) is 5.32 Å². The summed E-state index contributed by atoms with van der Waals surface area (Å²) in [5.74, 6) is -0.448. The Morgan fingerprint density at radius 1 is 1.15 bits per heavy atom. The Balaban J connectivity index is 1.56. The molecule has 180 valence electrons. The van der Waals surface area contributed by atoms with E-state index in [2.05, 4.69) is 39.8 Å². The molecular weight excluding hydrogens is 428 g/mol. The number of aryl methyl sites for hydroxylation is 3. The van der Waals surface area contributed by atoms with Crippen LogP contribution in [0.4, 0.5) is 5.69 Å². The average molecular weight is 463 g/mol. The Morgan fingerprint density at radius 2 is 1.88 bits per heavy atom. The van der Waals surface area contributed by atoms with Crippen molar-refractivity contribution in [2.24, 2.45) is 18.4 Å². The van der Waals surface area contributed by atoms with Crippen molar-refractivity contribution in [3.05, 3.63) is 53.6 Å². The molecule has 2 amide bonds. The fraction of sp³-hybridized carbons (Fsp3) is 0.462. The Kier molecular flexibility index (Phi) is 6.59. The third-order valence-electron chi connectivity index (χ3n) is 7.18. The van der Waals surface area contributed by atoms with Gasteiger partial charge in [-0.1, -0.05) is 38.8 Å². The number of carbonyl (C=O) groups excluding carboxylic acids is 2. The Labute approximate surface area is 200 Å². The second kappa shape index (κ2) is 9.44. The number of carbonyl (C=O) groups is 2. The normalized spacial score (nSPS) is 18.3. The van der Waals surface area contributed by atoms with Crippen LogP contribution in [0.1, 0.15) is 61.4 Å². The number of aromatic amines is 1. The van der Waals surface area contributed by atoms with Crippen molar-refractivity contribution in [3.63, 3.8) is 0 Å². The number of H-pyrrole nitrogens is 1. The first-order valence-electron chi connectivity index (χ1n) is 11.9. The van der Waals surface area contributed by atoms with E-state index in [1.165, 1.54) is 4.68 Å². The highest BCUT2D eigenvalue weighted by Crippen LogP contribution is 2.42. The summed E-state index contributed by atoms with van der Waals surface area (Å²) in [6, 6.07) is 8.77. The molecule has 3 aromatic rings. The predicted molar refractivity (Wildman–Crippen MR) is 132 cm³/mol. The minimum atomic E-state index is -0.643. The van der Waals surface area contributed by atoms with Crippen LogP contribution in [0.3, 0.4) is 0 Å². The number of rotatable bonds is 6. The molecule has 3 N–H and O–H groups in total. The lowest BCUT2D eigenvalue weighted by molar-refractivity contribution is -0.121. The third kappa shape index (κ3) is 4.76. The zero-order chi connectivity index (χ0) is 24.5. The zero-order valence-corrected chi connectivity index (χ0v) is 20.6. The minimum Gasteiger partial charge on any atom is -0.339 e. The van der Waals surface area contributed by atoms with Gasteiger partial charge in [-0.15, -0.1) is 0 Å². The van der Waals surface area contributed by atoms with Crippen molar-refractivity contribution in [3.8, 4) is 11.1 Å². The molecule has 1 aromatic carbocycles. The quantitative estimate of drug-likeness (QED) is 0.505. The second-order valence-corrected chi connectivity index (χ2v) is 10.0. The molecule has 1 unspecified atom stereocenters. The fourth-order valence-corrected chi connectivity index (χ4v) is 5.22. The van der Waals surface area contributed by atoms with Gasteiger partial charge >= 0.3 is 0 Å². The number of nitrogens with zero attached hydrogens (tertiary/aromatic N) is 3. The maximum atomic E-state index is 13.5. The van der Waals surface area contributed by atoms with Crippen LogP contribution < -0.4 is 10.6 Å². The molecule has 2 atom stereocenters. The first-order valence-corrected chi connectivity index (χ1v) is 11.9. The molecule has 1 fully saturated rings. The predicted octanol–water partition coefficient (Wildman–Crippen LogP) is 4.38. The highest BCUT2D eigenvalue weighted by atomic mass is 16.2. The van der Waals surface area contributed by atoms with Gasteiger partial charge in [-0.05, 0) is 61.8 Å². The molecule has 2 aromatic heterocycles. The summed E-state index contributed by atoms with van der Waals surface area (Å²) in [5, 5.41) is 17.4. The summed E-state index contributed by atoms with van der Waals surface area (Å²) in [7, 11) is 1.72. The molecule has 1 aliphatic rings. The van der Waals surface area contributed by atoms with Gasteiger partial charge in [-0.2, -0.15) is 10.2 Å². The van der Waals surface area contributed by atoms with Crippen LogP contribution in [-0.4, -0.2) is 37.8 Å². The number of aromatic nitrogens is 4. The minimum absolute atomic E-state index is 0.0360. The summed E-state index contributed by atoms with van der Waals surface area (Å²) >= 11 is 0. The number of hydrogen-bond donors (Lipinski definition) is 3. The van der Waals surface area contributed by atoms with E-state index in [4.69, 9.17) is 0 Å². The second-order valence-electron chi connectivity index (χ2n) is 10.0. The van der Waals surface area contributed by atoms with Crippen molar-refractivity contribution < 1.29 is 9.59 Å². The summed E-state index contributed by atoms with van der Waals surface area (Å²) < 4.78 is 1.52. The molecule has 2 heterocycles. The molecular formula is C26H34N6O2. The Morgan fingerprint density at radius 3 is 2.47 bits per heavy atom. The van der Waals surface area contributed by atoms with Gasteiger partial charge in [0.25, 0.3) is 5.91 Å². The first-order chi connectivity index (χ1) is 16.2. The molecule has 0 aliphatic heterocycles. The molecule has 0 saturated heterocycles. The lowest BCUT2D eigenvalue weighted by Crippen LogP contribution is -2.53. The number of anilines is 1. The van der Waals surface area contributed by atoms with Gasteiger partial charge < -0.3 is 10.6 Å². The molecule has 8 nitrogen and oxygen atoms in total. The molecule has 0 bridgehead atoms. The number of amides is 2. The van der Waals surface area contributed by atoms with E-state index in [1.54, 1.807) is 19.3 Å². The number of benzene rings is 1. The van der Waals surface area contributed by atoms with Crippen LogP contribution in [0.2, 0.25) is 0 Å². The van der Waals surface area contributed by atoms with E-state index in [0.29, 0.717) is 11.4 Å². The Hall–Kier alpha value is -3.42. The van der Waals surface area contributed by atoms with Crippen molar-refractivity contribution in [1.29, 1.82) is 0 Å². The van der Waals surface area contributed by atoms with Gasteiger partial charge in [-0.25, -0.2) is 0 Å². The maximum absolute atomic E-state index is 13.5. The highest BCUT2D eigenvalue weighted by Gasteiger charge is 2.41. The Bertz CT molecular complexity index is 1150.